The van der Waals surface area contributed by atoms with Gasteiger partial charge in [0.1, 0.15) is 0 Å². The summed E-state index contributed by atoms with van der Waals surface area (Å²) in [7, 11) is 3.78. The smallest absolute Gasteiger partial charge is 0.0225 e. The maximum absolute atomic E-state index is 3.00. The van der Waals surface area contributed by atoms with Gasteiger partial charge in [0.25, 0.3) is 0 Å². The Morgan fingerprint density at radius 1 is 1.00 bits per heavy atom. The standard InChI is InChI=1S/C4H13N3.C2H6/c1-5-3-4-7-6-2;1-2/h5-7H,3-4H2,1-2H3;1-2H3. The zero-order chi connectivity index (χ0) is 7.54. The van der Waals surface area contributed by atoms with Crippen LogP contribution in [-0.2, 0) is 0 Å². The zero-order valence-electron chi connectivity index (χ0n) is 6.91. The van der Waals surface area contributed by atoms with Gasteiger partial charge in [0, 0.05) is 13.1 Å². The lowest BCUT2D eigenvalue weighted by molar-refractivity contribution is 0.579. The van der Waals surface area contributed by atoms with E-state index in [9.17, 15) is 0 Å². The fourth-order valence-corrected chi connectivity index (χ4v) is 0.312. The van der Waals surface area contributed by atoms with E-state index >= 15 is 0 Å². The van der Waals surface area contributed by atoms with Gasteiger partial charge < -0.3 is 5.32 Å². The van der Waals surface area contributed by atoms with Crippen molar-refractivity contribution in [3.05, 3.63) is 0 Å². The van der Waals surface area contributed by atoms with Gasteiger partial charge in [-0.15, -0.1) is 0 Å². The minimum Gasteiger partial charge on any atom is -0.318 e. The van der Waals surface area contributed by atoms with Crippen molar-refractivity contribution in [1.82, 2.24) is 16.2 Å². The minimum absolute atomic E-state index is 0.965. The zero-order valence-corrected chi connectivity index (χ0v) is 6.91. The summed E-state index contributed by atoms with van der Waals surface area (Å²) >= 11 is 0. The Balaban J connectivity index is 0. The molecule has 0 aromatic carbocycles. The van der Waals surface area contributed by atoms with Crippen LogP contribution in [0.15, 0.2) is 0 Å². The van der Waals surface area contributed by atoms with Gasteiger partial charge in [-0.1, -0.05) is 13.8 Å². The van der Waals surface area contributed by atoms with E-state index in [4.69, 9.17) is 0 Å². The molecule has 0 saturated carbocycles. The molecule has 9 heavy (non-hydrogen) atoms. The van der Waals surface area contributed by atoms with Crippen molar-refractivity contribution in [3.8, 4) is 0 Å². The molecule has 0 bridgehead atoms. The summed E-state index contributed by atoms with van der Waals surface area (Å²) in [5.41, 5.74) is 5.75. The first-order valence-electron chi connectivity index (χ1n) is 3.46. The molecule has 0 aromatic rings. The van der Waals surface area contributed by atoms with Gasteiger partial charge in [-0.05, 0) is 14.1 Å². The van der Waals surface area contributed by atoms with E-state index in [2.05, 4.69) is 16.2 Å². The molecule has 0 aliphatic heterocycles. The molecule has 0 aromatic heterocycles. The fraction of sp³-hybridized carbons (Fsp3) is 1.00. The lowest BCUT2D eigenvalue weighted by Crippen LogP contribution is -2.33. The van der Waals surface area contributed by atoms with E-state index in [1.807, 2.05) is 27.9 Å². The molecule has 0 aliphatic carbocycles. The quantitative estimate of drug-likeness (QED) is 0.372. The molecule has 0 unspecified atom stereocenters. The summed E-state index contributed by atoms with van der Waals surface area (Å²) in [5, 5.41) is 3.00. The van der Waals surface area contributed by atoms with Crippen molar-refractivity contribution >= 4 is 0 Å². The van der Waals surface area contributed by atoms with Gasteiger partial charge in [-0.2, -0.15) is 0 Å². The number of hydrogen-bond acceptors (Lipinski definition) is 3. The summed E-state index contributed by atoms with van der Waals surface area (Å²) in [5.74, 6) is 0. The molecule has 3 nitrogen and oxygen atoms in total. The Bertz CT molecular complexity index is 27.5. The van der Waals surface area contributed by atoms with E-state index in [1.165, 1.54) is 0 Å². The Hall–Kier alpha value is -0.120. The highest BCUT2D eigenvalue weighted by Crippen LogP contribution is 1.45. The Kier molecular flexibility index (Phi) is 20.3. The number of hydrogen-bond donors (Lipinski definition) is 3. The minimum atomic E-state index is 0.965. The lowest BCUT2D eigenvalue weighted by atomic mass is 10.7. The van der Waals surface area contributed by atoms with Crippen molar-refractivity contribution in [3.63, 3.8) is 0 Å². The first kappa shape index (κ1) is 11.6. The fourth-order valence-electron chi connectivity index (χ4n) is 0.312. The molecular formula is C6H19N3. The van der Waals surface area contributed by atoms with Gasteiger partial charge >= 0.3 is 0 Å². The molecule has 0 atom stereocenters. The van der Waals surface area contributed by atoms with Crippen LogP contribution in [0, 0.1) is 0 Å². The molecule has 0 rings (SSSR count). The van der Waals surface area contributed by atoms with Crippen LogP contribution < -0.4 is 16.2 Å². The monoisotopic (exact) mass is 133 g/mol. The van der Waals surface area contributed by atoms with Gasteiger partial charge in [0.2, 0.25) is 0 Å². The Labute approximate surface area is 58.2 Å². The maximum Gasteiger partial charge on any atom is 0.0225 e. The molecular weight excluding hydrogens is 114 g/mol. The van der Waals surface area contributed by atoms with E-state index in [1.54, 1.807) is 0 Å². The highest BCUT2D eigenvalue weighted by Gasteiger charge is 1.74. The molecule has 58 valence electrons. The first-order chi connectivity index (χ1) is 4.41. The summed E-state index contributed by atoms with van der Waals surface area (Å²) in [6.07, 6.45) is 0. The average molecular weight is 133 g/mol. The van der Waals surface area contributed by atoms with Crippen LogP contribution in [-0.4, -0.2) is 27.2 Å². The third-order valence-corrected chi connectivity index (χ3v) is 0.677. The number of likely N-dealkylation sites (N-methyl/N-ethyl adjacent to an activating group) is 1. The molecule has 0 heterocycles. The topological polar surface area (TPSA) is 36.1 Å². The van der Waals surface area contributed by atoms with Crippen LogP contribution >= 0.6 is 0 Å². The molecule has 3 N–H and O–H groups in total. The molecule has 3 heteroatoms. The van der Waals surface area contributed by atoms with Crippen molar-refractivity contribution in [2.75, 3.05) is 27.2 Å². The van der Waals surface area contributed by atoms with Crippen LogP contribution in [0.25, 0.3) is 0 Å². The molecule has 0 saturated heterocycles. The van der Waals surface area contributed by atoms with Gasteiger partial charge in [-0.3, -0.25) is 10.9 Å². The summed E-state index contributed by atoms with van der Waals surface area (Å²) in [6.45, 7) is 5.97. The van der Waals surface area contributed by atoms with Crippen LogP contribution in [0.2, 0.25) is 0 Å². The van der Waals surface area contributed by atoms with Crippen molar-refractivity contribution < 1.29 is 0 Å². The number of hydrazine groups is 1. The SMILES string of the molecule is CC.CNCCNNC. The third kappa shape index (κ3) is 18.1. The average Bonchev–Trinajstić information content (AvgIpc) is 1.94. The second-order valence-corrected chi connectivity index (χ2v) is 1.28. The van der Waals surface area contributed by atoms with Crippen molar-refractivity contribution in [1.29, 1.82) is 0 Å². The first-order valence-corrected chi connectivity index (χ1v) is 3.46. The van der Waals surface area contributed by atoms with Crippen LogP contribution in [0.3, 0.4) is 0 Å². The predicted molar refractivity (Wildman–Crippen MR) is 42.3 cm³/mol. The molecule has 0 amide bonds. The van der Waals surface area contributed by atoms with Crippen molar-refractivity contribution in [2.45, 2.75) is 13.8 Å². The summed E-state index contributed by atoms with van der Waals surface area (Å²) < 4.78 is 0. The van der Waals surface area contributed by atoms with Gasteiger partial charge in [-0.25, -0.2) is 0 Å². The second kappa shape index (κ2) is 15.7. The number of nitrogens with one attached hydrogen (secondary N) is 3. The normalized spacial score (nSPS) is 8.00. The number of rotatable bonds is 4. The van der Waals surface area contributed by atoms with E-state index in [0.717, 1.165) is 13.1 Å². The highest BCUT2D eigenvalue weighted by molar-refractivity contribution is 4.39. The third-order valence-electron chi connectivity index (χ3n) is 0.677. The molecule has 0 radical (unpaired) electrons. The van der Waals surface area contributed by atoms with E-state index < -0.39 is 0 Å². The Morgan fingerprint density at radius 3 is 1.89 bits per heavy atom. The van der Waals surface area contributed by atoms with E-state index in [-0.39, 0.29) is 0 Å². The lowest BCUT2D eigenvalue weighted by Gasteiger charge is -1.98. The summed E-state index contributed by atoms with van der Waals surface area (Å²) in [6, 6.07) is 0. The Morgan fingerprint density at radius 2 is 1.56 bits per heavy atom. The highest BCUT2D eigenvalue weighted by atomic mass is 15.3. The second-order valence-electron chi connectivity index (χ2n) is 1.28. The van der Waals surface area contributed by atoms with Crippen LogP contribution in [0.4, 0.5) is 0 Å². The molecule has 0 fully saturated rings. The molecule has 0 aliphatic rings. The van der Waals surface area contributed by atoms with Gasteiger partial charge in [0.15, 0.2) is 0 Å². The maximum atomic E-state index is 3.00. The van der Waals surface area contributed by atoms with E-state index in [0.29, 0.717) is 0 Å². The van der Waals surface area contributed by atoms with Gasteiger partial charge in [0.05, 0.1) is 0 Å². The summed E-state index contributed by atoms with van der Waals surface area (Å²) in [4.78, 5) is 0. The van der Waals surface area contributed by atoms with Crippen molar-refractivity contribution in [2.24, 2.45) is 0 Å². The predicted octanol–water partition coefficient (Wildman–Crippen LogP) is -0.0440. The van der Waals surface area contributed by atoms with Crippen LogP contribution in [0.1, 0.15) is 13.8 Å². The van der Waals surface area contributed by atoms with Crippen LogP contribution in [0.5, 0.6) is 0 Å². The largest absolute Gasteiger partial charge is 0.318 e. The molecule has 0 spiro atoms.